The van der Waals surface area contributed by atoms with E-state index in [1.54, 1.807) is 0 Å². The lowest BCUT2D eigenvalue weighted by Crippen LogP contribution is -2.45. The van der Waals surface area contributed by atoms with E-state index in [9.17, 15) is 4.79 Å². The molecule has 0 heterocycles. The Morgan fingerprint density at radius 3 is 2.36 bits per heavy atom. The summed E-state index contributed by atoms with van der Waals surface area (Å²) in [4.78, 5) is 11.4. The van der Waals surface area contributed by atoms with Gasteiger partial charge in [0.25, 0.3) is 0 Å². The highest BCUT2D eigenvalue weighted by molar-refractivity contribution is 5.80. The molecule has 3 nitrogen and oxygen atoms in total. The Bertz CT molecular complexity index is 188. The van der Waals surface area contributed by atoms with Crippen LogP contribution in [0.4, 0.5) is 0 Å². The lowest BCUT2D eigenvalue weighted by atomic mass is 10.2. The minimum atomic E-state index is 0.0622. The van der Waals surface area contributed by atoms with E-state index in [-0.39, 0.29) is 12.5 Å². The zero-order valence-electron chi connectivity index (χ0n) is 9.33. The Balaban J connectivity index is 3.65. The second-order valence-electron chi connectivity index (χ2n) is 4.09. The van der Waals surface area contributed by atoms with Crippen LogP contribution in [0.15, 0.2) is 12.7 Å². The molecule has 0 aliphatic rings. The molecule has 0 aliphatic heterocycles. The van der Waals surface area contributed by atoms with Gasteiger partial charge in [-0.05, 0) is 19.3 Å². The number of aliphatic hydroxyl groups is 1. The first kappa shape index (κ1) is 13.3. The van der Waals surface area contributed by atoms with Gasteiger partial charge in [-0.1, -0.05) is 13.0 Å². The Hall–Kier alpha value is -0.670. The number of carbonyl (C=O) groups is 1. The average molecular weight is 200 g/mol. The van der Waals surface area contributed by atoms with E-state index in [4.69, 9.17) is 5.11 Å². The number of nitrogens with zero attached hydrogens (tertiary/aromatic N) is 1. The van der Waals surface area contributed by atoms with Crippen molar-refractivity contribution in [3.05, 3.63) is 12.7 Å². The van der Waals surface area contributed by atoms with E-state index in [2.05, 4.69) is 6.58 Å². The van der Waals surface area contributed by atoms with Crippen LogP contribution in [0.2, 0.25) is 0 Å². The molecule has 0 bridgehead atoms. The van der Waals surface area contributed by atoms with Crippen LogP contribution in [0.1, 0.15) is 25.7 Å². The van der Waals surface area contributed by atoms with Crippen molar-refractivity contribution in [3.8, 4) is 0 Å². The van der Waals surface area contributed by atoms with Crippen molar-refractivity contribution < 1.29 is 14.4 Å². The van der Waals surface area contributed by atoms with Gasteiger partial charge in [-0.3, -0.25) is 4.48 Å². The molecule has 0 aliphatic carbocycles. The van der Waals surface area contributed by atoms with Crippen LogP contribution in [-0.4, -0.2) is 42.7 Å². The summed E-state index contributed by atoms with van der Waals surface area (Å²) in [6.07, 6.45) is 5.38. The molecule has 0 atom stereocenters. The van der Waals surface area contributed by atoms with Gasteiger partial charge in [0.05, 0.1) is 20.6 Å². The highest BCUT2D eigenvalue weighted by Gasteiger charge is 2.21. The minimum absolute atomic E-state index is 0.0622. The Morgan fingerprint density at radius 2 is 1.86 bits per heavy atom. The SMILES string of the molecule is C=CC(=O)[N+](C)(C)CCCCCCO. The van der Waals surface area contributed by atoms with Crippen molar-refractivity contribution in [2.75, 3.05) is 27.2 Å². The molecular weight excluding hydrogens is 178 g/mol. The Morgan fingerprint density at radius 1 is 1.29 bits per heavy atom. The summed E-state index contributed by atoms with van der Waals surface area (Å²) >= 11 is 0. The van der Waals surface area contributed by atoms with Crippen LogP contribution in [0.3, 0.4) is 0 Å². The van der Waals surface area contributed by atoms with Crippen molar-refractivity contribution in [3.63, 3.8) is 0 Å². The van der Waals surface area contributed by atoms with Gasteiger partial charge in [0, 0.05) is 12.7 Å². The topological polar surface area (TPSA) is 37.3 Å². The van der Waals surface area contributed by atoms with Crippen LogP contribution < -0.4 is 0 Å². The first-order valence-corrected chi connectivity index (χ1v) is 5.15. The summed E-state index contributed by atoms with van der Waals surface area (Å²) in [5.41, 5.74) is 0. The number of aliphatic hydroxyl groups excluding tert-OH is 1. The predicted molar refractivity (Wildman–Crippen MR) is 57.7 cm³/mol. The van der Waals surface area contributed by atoms with Gasteiger partial charge in [-0.25, -0.2) is 4.79 Å². The third kappa shape index (κ3) is 5.14. The summed E-state index contributed by atoms with van der Waals surface area (Å²) < 4.78 is 0.378. The monoisotopic (exact) mass is 200 g/mol. The third-order valence-corrected chi connectivity index (χ3v) is 2.40. The van der Waals surface area contributed by atoms with Crippen LogP contribution in [0.5, 0.6) is 0 Å². The van der Waals surface area contributed by atoms with E-state index in [1.807, 2.05) is 14.1 Å². The molecular formula is C11H22NO2+. The highest BCUT2D eigenvalue weighted by atomic mass is 16.2. The number of likely N-dealkylation sites (N-methyl/N-ethyl adjacent to an activating group) is 1. The molecule has 0 rings (SSSR count). The van der Waals surface area contributed by atoms with Gasteiger partial charge < -0.3 is 5.11 Å². The highest BCUT2D eigenvalue weighted by Crippen LogP contribution is 2.06. The van der Waals surface area contributed by atoms with Gasteiger partial charge in [0.1, 0.15) is 0 Å². The lowest BCUT2D eigenvalue weighted by molar-refractivity contribution is -0.811. The second-order valence-corrected chi connectivity index (χ2v) is 4.09. The number of hydrogen-bond donors (Lipinski definition) is 1. The maximum Gasteiger partial charge on any atom is 0.337 e. The van der Waals surface area contributed by atoms with Crippen molar-refractivity contribution in [1.82, 2.24) is 0 Å². The fourth-order valence-corrected chi connectivity index (χ4v) is 1.33. The molecule has 0 saturated carbocycles. The molecule has 0 radical (unpaired) electrons. The molecule has 0 unspecified atom stereocenters. The summed E-state index contributed by atoms with van der Waals surface area (Å²) in [5.74, 6) is 0.0622. The summed E-state index contributed by atoms with van der Waals surface area (Å²) in [5, 5.41) is 8.58. The largest absolute Gasteiger partial charge is 0.396 e. The van der Waals surface area contributed by atoms with Crippen molar-refractivity contribution in [1.29, 1.82) is 0 Å². The van der Waals surface area contributed by atoms with Gasteiger partial charge >= 0.3 is 5.91 Å². The van der Waals surface area contributed by atoms with E-state index in [0.717, 1.165) is 32.2 Å². The molecule has 0 aromatic heterocycles. The first-order chi connectivity index (χ1) is 6.54. The third-order valence-electron chi connectivity index (χ3n) is 2.40. The second kappa shape index (κ2) is 6.74. The molecule has 0 aromatic rings. The molecule has 0 spiro atoms. The predicted octanol–water partition coefficient (Wildman–Crippen LogP) is 1.33. The number of unbranched alkanes of at least 4 members (excludes halogenated alkanes) is 3. The molecule has 82 valence electrons. The Kier molecular flexibility index (Phi) is 6.41. The standard InChI is InChI=1S/C11H22NO2/c1-4-11(14)12(2,3)9-7-5-6-8-10-13/h4,13H,1,5-10H2,2-3H3/q+1. The molecule has 0 aromatic carbocycles. The van der Waals surface area contributed by atoms with Crippen LogP contribution in [0.25, 0.3) is 0 Å². The fourth-order valence-electron chi connectivity index (χ4n) is 1.33. The average Bonchev–Trinajstić information content (AvgIpc) is 2.16. The van der Waals surface area contributed by atoms with Crippen LogP contribution >= 0.6 is 0 Å². The van der Waals surface area contributed by atoms with Crippen LogP contribution in [0, 0.1) is 0 Å². The van der Waals surface area contributed by atoms with Crippen molar-refractivity contribution >= 4 is 5.91 Å². The zero-order valence-corrected chi connectivity index (χ0v) is 9.33. The number of amides is 1. The first-order valence-electron chi connectivity index (χ1n) is 5.15. The zero-order chi connectivity index (χ0) is 11.0. The summed E-state index contributed by atoms with van der Waals surface area (Å²) in [6, 6.07) is 0. The molecule has 3 heteroatoms. The van der Waals surface area contributed by atoms with E-state index >= 15 is 0 Å². The normalized spacial score (nSPS) is 11.4. The van der Waals surface area contributed by atoms with Crippen molar-refractivity contribution in [2.45, 2.75) is 25.7 Å². The van der Waals surface area contributed by atoms with Crippen LogP contribution in [-0.2, 0) is 4.79 Å². The summed E-state index contributed by atoms with van der Waals surface area (Å²) in [6.45, 7) is 4.60. The minimum Gasteiger partial charge on any atom is -0.396 e. The maximum atomic E-state index is 11.4. The molecule has 1 amide bonds. The Labute approximate surface area is 86.6 Å². The van der Waals surface area contributed by atoms with Crippen molar-refractivity contribution in [2.24, 2.45) is 0 Å². The quantitative estimate of drug-likeness (QED) is 0.382. The molecule has 1 N–H and O–H groups in total. The van der Waals surface area contributed by atoms with Gasteiger partial charge in [-0.15, -0.1) is 0 Å². The lowest BCUT2D eigenvalue weighted by Gasteiger charge is -2.25. The van der Waals surface area contributed by atoms with Gasteiger partial charge in [0.2, 0.25) is 0 Å². The van der Waals surface area contributed by atoms with E-state index < -0.39 is 0 Å². The van der Waals surface area contributed by atoms with Gasteiger partial charge in [-0.2, -0.15) is 0 Å². The number of rotatable bonds is 7. The molecule has 14 heavy (non-hydrogen) atoms. The molecule has 0 fully saturated rings. The number of carbonyl (C=O) groups excluding carboxylic acids is 1. The van der Waals surface area contributed by atoms with Gasteiger partial charge in [0.15, 0.2) is 0 Å². The number of hydrogen-bond acceptors (Lipinski definition) is 2. The molecule has 0 saturated heterocycles. The van der Waals surface area contributed by atoms with E-state index in [0.29, 0.717) is 4.48 Å². The maximum absolute atomic E-state index is 11.4. The number of quaternary nitrogens is 1. The fraction of sp³-hybridized carbons (Fsp3) is 0.727. The smallest absolute Gasteiger partial charge is 0.337 e. The summed E-state index contributed by atoms with van der Waals surface area (Å²) in [7, 11) is 3.80. The van der Waals surface area contributed by atoms with E-state index in [1.165, 1.54) is 6.08 Å².